The van der Waals surface area contributed by atoms with Crippen LogP contribution < -0.4 is 5.73 Å². The molecule has 0 amide bonds. The van der Waals surface area contributed by atoms with E-state index in [1.54, 1.807) is 6.08 Å². The Balaban J connectivity index is -0.000000176. The molecule has 0 heterocycles. The third-order valence-electron chi connectivity index (χ3n) is 2.16. The minimum atomic E-state index is 0.528. The van der Waals surface area contributed by atoms with Gasteiger partial charge in [-0.2, -0.15) is 0 Å². The molecule has 1 heteroatoms. The summed E-state index contributed by atoms with van der Waals surface area (Å²) in [6.07, 6.45) is 6.99. The summed E-state index contributed by atoms with van der Waals surface area (Å²) in [5.41, 5.74) is 5.70. The van der Waals surface area contributed by atoms with Gasteiger partial charge in [0.05, 0.1) is 0 Å². The van der Waals surface area contributed by atoms with E-state index in [0.717, 1.165) is 5.92 Å². The van der Waals surface area contributed by atoms with Gasteiger partial charge in [0, 0.05) is 6.04 Å². The standard InChI is InChI=1S/C7H15N.C3H6.2C2H6/c1-2-6-3-4-7(8)5-6;1-3-2;2*1-2/h6-7H,2-5,8H2,1H3;3H,1H2,2H3;2*1-2H3. The molecule has 0 aromatic carbocycles. The Morgan fingerprint density at radius 1 is 1.20 bits per heavy atom. The van der Waals surface area contributed by atoms with Crippen molar-refractivity contribution in [3.05, 3.63) is 12.7 Å². The molecule has 2 unspecified atom stereocenters. The molecule has 0 bridgehead atoms. The first-order valence-corrected chi connectivity index (χ1v) is 6.57. The van der Waals surface area contributed by atoms with E-state index < -0.39 is 0 Å². The van der Waals surface area contributed by atoms with Crippen molar-refractivity contribution >= 4 is 0 Å². The van der Waals surface area contributed by atoms with E-state index in [0.29, 0.717) is 6.04 Å². The zero-order valence-electron chi connectivity index (χ0n) is 11.8. The summed E-state index contributed by atoms with van der Waals surface area (Å²) < 4.78 is 0. The number of hydrogen-bond donors (Lipinski definition) is 1. The highest BCUT2D eigenvalue weighted by atomic mass is 14.6. The van der Waals surface area contributed by atoms with Gasteiger partial charge in [-0.15, -0.1) is 6.58 Å². The Bertz CT molecular complexity index is 99.5. The number of hydrogen-bond acceptors (Lipinski definition) is 1. The Morgan fingerprint density at radius 2 is 1.60 bits per heavy atom. The van der Waals surface area contributed by atoms with Crippen LogP contribution in [0, 0.1) is 5.92 Å². The van der Waals surface area contributed by atoms with Crippen molar-refractivity contribution in [3.8, 4) is 0 Å². The van der Waals surface area contributed by atoms with Crippen molar-refractivity contribution in [1.82, 2.24) is 0 Å². The summed E-state index contributed by atoms with van der Waals surface area (Å²) in [5, 5.41) is 0. The normalized spacial score (nSPS) is 22.1. The van der Waals surface area contributed by atoms with Gasteiger partial charge in [-0.05, 0) is 32.1 Å². The maximum atomic E-state index is 5.70. The van der Waals surface area contributed by atoms with Crippen LogP contribution in [-0.4, -0.2) is 6.04 Å². The van der Waals surface area contributed by atoms with Crippen molar-refractivity contribution in [2.24, 2.45) is 11.7 Å². The molecule has 1 fully saturated rings. The van der Waals surface area contributed by atoms with Gasteiger partial charge < -0.3 is 5.73 Å². The molecule has 2 N–H and O–H groups in total. The first-order valence-electron chi connectivity index (χ1n) is 6.57. The second-order valence-electron chi connectivity index (χ2n) is 3.26. The molecule has 0 saturated heterocycles. The predicted octanol–water partition coefficient (Wildman–Crippen LogP) is 4.77. The Kier molecular flexibility index (Phi) is 25.9. The van der Waals surface area contributed by atoms with Gasteiger partial charge in [0.1, 0.15) is 0 Å². The molecule has 0 aromatic heterocycles. The Labute approximate surface area is 98.1 Å². The maximum absolute atomic E-state index is 5.70. The molecule has 0 spiro atoms. The average molecular weight is 215 g/mol. The molecule has 1 aliphatic rings. The summed E-state index contributed by atoms with van der Waals surface area (Å²) in [5.74, 6) is 0.949. The maximum Gasteiger partial charge on any atom is 0.00415 e. The van der Waals surface area contributed by atoms with E-state index in [1.807, 2.05) is 34.6 Å². The zero-order valence-corrected chi connectivity index (χ0v) is 11.8. The summed E-state index contributed by atoms with van der Waals surface area (Å²) in [4.78, 5) is 0. The number of rotatable bonds is 1. The Hall–Kier alpha value is -0.300. The van der Waals surface area contributed by atoms with E-state index in [1.165, 1.54) is 25.7 Å². The van der Waals surface area contributed by atoms with E-state index >= 15 is 0 Å². The average Bonchev–Trinajstić information content (AvgIpc) is 2.71. The van der Waals surface area contributed by atoms with E-state index in [2.05, 4.69) is 13.5 Å². The smallest absolute Gasteiger partial charge is 0.00415 e. The van der Waals surface area contributed by atoms with Gasteiger partial charge >= 0.3 is 0 Å². The summed E-state index contributed by atoms with van der Waals surface area (Å²) in [6, 6.07) is 0.528. The molecule has 1 aliphatic carbocycles. The van der Waals surface area contributed by atoms with Crippen molar-refractivity contribution < 1.29 is 0 Å². The van der Waals surface area contributed by atoms with Crippen molar-refractivity contribution in [2.45, 2.75) is 73.3 Å². The Morgan fingerprint density at radius 3 is 1.73 bits per heavy atom. The van der Waals surface area contributed by atoms with E-state index in [-0.39, 0.29) is 0 Å². The van der Waals surface area contributed by atoms with Gasteiger partial charge in [-0.1, -0.05) is 47.1 Å². The number of allylic oxidation sites excluding steroid dienone is 1. The van der Waals surface area contributed by atoms with Crippen molar-refractivity contribution in [1.29, 1.82) is 0 Å². The van der Waals surface area contributed by atoms with E-state index in [4.69, 9.17) is 5.73 Å². The van der Waals surface area contributed by atoms with Crippen LogP contribution in [-0.2, 0) is 0 Å². The third kappa shape index (κ3) is 16.4. The molecule has 1 rings (SSSR count). The molecule has 94 valence electrons. The van der Waals surface area contributed by atoms with Gasteiger partial charge in [0.25, 0.3) is 0 Å². The molecule has 0 aliphatic heterocycles. The van der Waals surface area contributed by atoms with Crippen LogP contribution in [0.1, 0.15) is 67.2 Å². The lowest BCUT2D eigenvalue weighted by molar-refractivity contribution is 0.520. The lowest BCUT2D eigenvalue weighted by Gasteiger charge is -2.02. The van der Waals surface area contributed by atoms with Crippen LogP contribution in [0.5, 0.6) is 0 Å². The van der Waals surface area contributed by atoms with Crippen LogP contribution in [0.2, 0.25) is 0 Å². The summed E-state index contributed by atoms with van der Waals surface area (Å²) in [6.45, 7) is 15.5. The van der Waals surface area contributed by atoms with Crippen LogP contribution in [0.4, 0.5) is 0 Å². The fraction of sp³-hybridized carbons (Fsp3) is 0.857. The fourth-order valence-corrected chi connectivity index (χ4v) is 1.48. The topological polar surface area (TPSA) is 26.0 Å². The second-order valence-corrected chi connectivity index (χ2v) is 3.26. The first kappa shape index (κ1) is 20.2. The number of nitrogens with two attached hydrogens (primary N) is 1. The van der Waals surface area contributed by atoms with Gasteiger partial charge in [0.15, 0.2) is 0 Å². The molecule has 15 heavy (non-hydrogen) atoms. The summed E-state index contributed by atoms with van der Waals surface area (Å²) in [7, 11) is 0. The van der Waals surface area contributed by atoms with Crippen LogP contribution >= 0.6 is 0 Å². The fourth-order valence-electron chi connectivity index (χ4n) is 1.48. The highest BCUT2D eigenvalue weighted by Crippen LogP contribution is 2.25. The van der Waals surface area contributed by atoms with Crippen molar-refractivity contribution in [2.75, 3.05) is 0 Å². The molecule has 1 nitrogen and oxygen atoms in total. The van der Waals surface area contributed by atoms with Crippen molar-refractivity contribution in [3.63, 3.8) is 0 Å². The zero-order chi connectivity index (χ0) is 12.7. The van der Waals surface area contributed by atoms with Gasteiger partial charge in [-0.3, -0.25) is 0 Å². The SMILES string of the molecule is C=CC.CC.CC.CCC1CCC(N)C1. The van der Waals surface area contributed by atoms with Crippen LogP contribution in [0.25, 0.3) is 0 Å². The lowest BCUT2D eigenvalue weighted by Crippen LogP contribution is -2.14. The minimum Gasteiger partial charge on any atom is -0.328 e. The minimum absolute atomic E-state index is 0.528. The van der Waals surface area contributed by atoms with Crippen LogP contribution in [0.15, 0.2) is 12.7 Å². The molecular formula is C14H33N. The van der Waals surface area contributed by atoms with E-state index in [9.17, 15) is 0 Å². The quantitative estimate of drug-likeness (QED) is 0.627. The molecule has 0 aromatic rings. The molecule has 0 radical (unpaired) electrons. The largest absolute Gasteiger partial charge is 0.328 e. The first-order chi connectivity index (χ1) is 7.24. The molecule has 1 saturated carbocycles. The predicted molar refractivity (Wildman–Crippen MR) is 74.2 cm³/mol. The highest BCUT2D eigenvalue weighted by Gasteiger charge is 2.19. The third-order valence-corrected chi connectivity index (χ3v) is 2.16. The van der Waals surface area contributed by atoms with Gasteiger partial charge in [0.2, 0.25) is 0 Å². The molecule has 2 atom stereocenters. The highest BCUT2D eigenvalue weighted by molar-refractivity contribution is 4.76. The summed E-state index contributed by atoms with van der Waals surface area (Å²) >= 11 is 0. The lowest BCUT2D eigenvalue weighted by atomic mass is 10.1. The second kappa shape index (κ2) is 19.3. The van der Waals surface area contributed by atoms with Gasteiger partial charge in [-0.25, -0.2) is 0 Å². The van der Waals surface area contributed by atoms with Crippen LogP contribution in [0.3, 0.4) is 0 Å². The monoisotopic (exact) mass is 215 g/mol. The molecular weight excluding hydrogens is 182 g/mol.